The number of thiophene rings is 1. The number of sulfone groups is 1. The van der Waals surface area contributed by atoms with Crippen molar-refractivity contribution in [1.82, 2.24) is 0 Å². The van der Waals surface area contributed by atoms with E-state index in [1.165, 1.54) is 0 Å². The van der Waals surface area contributed by atoms with Gasteiger partial charge in [0.1, 0.15) is 15.6 Å². The molecule has 1 aliphatic heterocycles. The van der Waals surface area contributed by atoms with E-state index in [1.807, 2.05) is 0 Å². The molecule has 8 nitrogen and oxygen atoms in total. The Morgan fingerprint density at radius 2 is 1.72 bits per heavy atom. The van der Waals surface area contributed by atoms with Crippen molar-refractivity contribution in [3.05, 3.63) is 46.8 Å². The minimum absolute atomic E-state index is 0.0157. The Kier molecular flexibility index (Phi) is 9.45. The van der Waals surface area contributed by atoms with Gasteiger partial charge in [-0.3, -0.25) is 0 Å². The summed E-state index contributed by atoms with van der Waals surface area (Å²) in [7, 11) is -7.35. The molecule has 0 aliphatic carbocycles. The number of alkyl halides is 6. The summed E-state index contributed by atoms with van der Waals surface area (Å²) in [5.41, 5.74) is 0.475. The van der Waals surface area contributed by atoms with Gasteiger partial charge in [0.2, 0.25) is 10.0 Å². The molecule has 4 rings (SSSR count). The molecule has 0 bridgehead atoms. The summed E-state index contributed by atoms with van der Waals surface area (Å²) in [5, 5.41) is 11.3. The minimum Gasteiger partial charge on any atom is -0.482 e. The summed E-state index contributed by atoms with van der Waals surface area (Å²) in [6, 6.07) is 7.68. The fourth-order valence-corrected chi connectivity index (χ4v) is 7.58. The van der Waals surface area contributed by atoms with Crippen molar-refractivity contribution in [3.63, 3.8) is 0 Å². The van der Waals surface area contributed by atoms with Crippen LogP contribution in [0, 0.1) is 11.8 Å². The minimum atomic E-state index is -4.72. The highest BCUT2D eigenvalue weighted by atomic mass is 32.2. The smallest absolute Gasteiger partial charge is 0.422 e. The molecule has 0 amide bonds. The van der Waals surface area contributed by atoms with E-state index in [-0.39, 0.29) is 40.2 Å². The third-order valence-electron chi connectivity index (χ3n) is 6.35. The number of hydrogen-bond acceptors (Lipinski definition) is 8. The number of rotatable bonds is 8. The quantitative estimate of drug-likeness (QED) is 0.226. The van der Waals surface area contributed by atoms with Gasteiger partial charge in [-0.05, 0) is 42.0 Å². The van der Waals surface area contributed by atoms with E-state index in [0.29, 0.717) is 28.6 Å². The number of hydrogen-bond donors (Lipinski definition) is 3. The number of primary sulfonamides is 1. The van der Waals surface area contributed by atoms with Crippen molar-refractivity contribution < 1.29 is 47.9 Å². The van der Waals surface area contributed by atoms with Gasteiger partial charge in [0.05, 0.1) is 50.3 Å². The predicted octanol–water partition coefficient (Wildman–Crippen LogP) is 5.05. The summed E-state index contributed by atoms with van der Waals surface area (Å²) in [5.74, 6) is 4.95. The lowest BCUT2D eigenvalue weighted by atomic mass is 10.1. The summed E-state index contributed by atoms with van der Waals surface area (Å²) < 4.78 is 131. The largest absolute Gasteiger partial charge is 0.482 e. The number of nitrogens with two attached hydrogens (primary N) is 1. The highest BCUT2D eigenvalue weighted by Crippen LogP contribution is 2.39. The van der Waals surface area contributed by atoms with Gasteiger partial charge in [0, 0.05) is 12.1 Å². The molecular formula is C26H25F6N3O5S3. The van der Waals surface area contributed by atoms with Crippen LogP contribution in [-0.4, -0.2) is 59.9 Å². The fourth-order valence-electron chi connectivity index (χ4n) is 4.38. The van der Waals surface area contributed by atoms with Crippen molar-refractivity contribution in [3.8, 4) is 17.6 Å². The first-order chi connectivity index (χ1) is 19.9. The SMILES string of the molecule is NS(=O)(=O)c1ccc(NCC#Cc2sc3c(NC4CCS(=O)(=O)CC4)cccc3c2CC(F)(F)F)c(OCC(F)(F)F)c1. The van der Waals surface area contributed by atoms with Crippen molar-refractivity contribution in [1.29, 1.82) is 0 Å². The Morgan fingerprint density at radius 1 is 1.02 bits per heavy atom. The Morgan fingerprint density at radius 3 is 2.35 bits per heavy atom. The molecule has 0 unspecified atom stereocenters. The van der Waals surface area contributed by atoms with Crippen molar-refractivity contribution >= 4 is 52.7 Å². The molecule has 1 aromatic heterocycles. The van der Waals surface area contributed by atoms with Gasteiger partial charge < -0.3 is 15.4 Å². The molecule has 0 saturated carbocycles. The summed E-state index contributed by atoms with van der Waals surface area (Å²) >= 11 is 1.03. The Hall–Kier alpha value is -3.20. The standard InChI is InChI=1S/C26H25F6N3O5S3/c27-25(28,29)14-19-18-3-1-4-21(35-16-8-11-42(36,37)12-9-16)24(18)41-23(19)5-2-10-34-20-7-6-17(43(33,38)39)13-22(20)40-15-26(30,31)32/h1,3-4,6-7,13,16,34-35H,8-12,14-15H2,(H2,33,38,39). The van der Waals surface area contributed by atoms with Gasteiger partial charge in [-0.25, -0.2) is 22.0 Å². The molecular weight excluding hydrogens is 644 g/mol. The lowest BCUT2D eigenvalue weighted by Gasteiger charge is -2.24. The van der Waals surface area contributed by atoms with Crippen molar-refractivity contribution in [2.24, 2.45) is 5.14 Å². The van der Waals surface area contributed by atoms with Crippen molar-refractivity contribution in [2.75, 3.05) is 35.3 Å². The molecule has 17 heteroatoms. The zero-order valence-corrected chi connectivity index (χ0v) is 24.6. The molecule has 0 radical (unpaired) electrons. The van der Waals surface area contributed by atoms with Crippen LogP contribution in [0.3, 0.4) is 0 Å². The van der Waals surface area contributed by atoms with E-state index in [1.54, 1.807) is 18.2 Å². The average molecular weight is 670 g/mol. The third kappa shape index (κ3) is 9.15. The van der Waals surface area contributed by atoms with E-state index in [4.69, 9.17) is 9.88 Å². The first kappa shape index (κ1) is 32.7. The van der Waals surface area contributed by atoms with Crippen LogP contribution in [0.1, 0.15) is 23.3 Å². The highest BCUT2D eigenvalue weighted by molar-refractivity contribution is 7.91. The lowest BCUT2D eigenvalue weighted by molar-refractivity contribution is -0.153. The topological polar surface area (TPSA) is 128 Å². The number of ether oxygens (including phenoxy) is 1. The summed E-state index contributed by atoms with van der Waals surface area (Å²) in [6.07, 6.45) is -9.78. The van der Waals surface area contributed by atoms with E-state index < -0.39 is 55.9 Å². The number of anilines is 2. The number of benzene rings is 2. The number of halogens is 6. The van der Waals surface area contributed by atoms with E-state index >= 15 is 0 Å². The number of sulfonamides is 1. The first-order valence-corrected chi connectivity index (χ1v) is 16.8. The molecule has 0 atom stereocenters. The van der Waals surface area contributed by atoms with Crippen LogP contribution in [0.5, 0.6) is 5.75 Å². The monoisotopic (exact) mass is 669 g/mol. The molecule has 234 valence electrons. The lowest BCUT2D eigenvalue weighted by Crippen LogP contribution is -2.32. The molecule has 1 fully saturated rings. The van der Waals surface area contributed by atoms with Crippen LogP contribution in [0.15, 0.2) is 41.3 Å². The van der Waals surface area contributed by atoms with E-state index in [9.17, 15) is 43.2 Å². The van der Waals surface area contributed by atoms with Crippen LogP contribution >= 0.6 is 11.3 Å². The molecule has 4 N–H and O–H groups in total. The van der Waals surface area contributed by atoms with Crippen LogP contribution in [0.4, 0.5) is 37.7 Å². The van der Waals surface area contributed by atoms with Gasteiger partial charge >= 0.3 is 12.4 Å². The van der Waals surface area contributed by atoms with E-state index in [0.717, 1.165) is 29.5 Å². The molecule has 1 saturated heterocycles. The Labute approximate surface area is 247 Å². The molecule has 43 heavy (non-hydrogen) atoms. The summed E-state index contributed by atoms with van der Waals surface area (Å²) in [4.78, 5) is -0.352. The maximum absolute atomic E-state index is 13.5. The second-order valence-electron chi connectivity index (χ2n) is 9.72. The summed E-state index contributed by atoms with van der Waals surface area (Å²) in [6.45, 7) is -1.95. The highest BCUT2D eigenvalue weighted by Gasteiger charge is 2.32. The second kappa shape index (κ2) is 12.4. The zero-order valence-electron chi connectivity index (χ0n) is 22.1. The van der Waals surface area contributed by atoms with Crippen LogP contribution < -0.4 is 20.5 Å². The van der Waals surface area contributed by atoms with Crippen molar-refractivity contribution in [2.45, 2.75) is 42.6 Å². The maximum Gasteiger partial charge on any atom is 0.422 e. The Bertz CT molecular complexity index is 1760. The average Bonchev–Trinajstić information content (AvgIpc) is 3.22. The Balaban J connectivity index is 1.60. The fraction of sp³-hybridized carbons (Fsp3) is 0.385. The van der Waals surface area contributed by atoms with Gasteiger partial charge in [-0.15, -0.1) is 11.3 Å². The van der Waals surface area contributed by atoms with Gasteiger partial charge in [-0.2, -0.15) is 26.3 Å². The predicted molar refractivity (Wildman–Crippen MR) is 152 cm³/mol. The number of nitrogens with one attached hydrogen (secondary N) is 2. The number of fused-ring (bicyclic) bond motifs is 1. The van der Waals surface area contributed by atoms with Gasteiger partial charge in [0.25, 0.3) is 0 Å². The molecule has 1 aliphatic rings. The molecule has 2 heterocycles. The third-order valence-corrected chi connectivity index (χ3v) is 10.2. The first-order valence-electron chi connectivity index (χ1n) is 12.6. The molecule has 0 spiro atoms. The molecule has 2 aromatic carbocycles. The normalized spacial score (nSPS) is 16.0. The molecule has 3 aromatic rings. The second-order valence-corrected chi connectivity index (χ2v) is 14.6. The van der Waals surface area contributed by atoms with Gasteiger partial charge in [0.15, 0.2) is 6.61 Å². The van der Waals surface area contributed by atoms with Crippen LogP contribution in [0.2, 0.25) is 0 Å². The van der Waals surface area contributed by atoms with Crippen LogP contribution in [-0.2, 0) is 26.3 Å². The van der Waals surface area contributed by atoms with Crippen LogP contribution in [0.25, 0.3) is 10.1 Å². The zero-order chi connectivity index (χ0) is 31.6. The van der Waals surface area contributed by atoms with Gasteiger partial charge in [-0.1, -0.05) is 24.0 Å². The maximum atomic E-state index is 13.5. The van der Waals surface area contributed by atoms with E-state index in [2.05, 4.69) is 22.5 Å².